The van der Waals surface area contributed by atoms with E-state index in [1.807, 2.05) is 12.1 Å². The molecule has 0 saturated carbocycles. The molecule has 3 rings (SSSR count). The van der Waals surface area contributed by atoms with E-state index in [4.69, 9.17) is 0 Å². The number of amides is 2. The molecule has 3 aromatic rings. The molecule has 0 aliphatic heterocycles. The number of nitrogens with zero attached hydrogens (tertiary/aromatic N) is 3. The molecule has 29 heavy (non-hydrogen) atoms. The van der Waals surface area contributed by atoms with Crippen molar-refractivity contribution in [3.63, 3.8) is 0 Å². The molecule has 148 valence electrons. The van der Waals surface area contributed by atoms with Crippen LogP contribution in [0.3, 0.4) is 0 Å². The zero-order chi connectivity index (χ0) is 20.8. The van der Waals surface area contributed by atoms with Crippen molar-refractivity contribution in [2.45, 2.75) is 4.34 Å². The first-order valence-corrected chi connectivity index (χ1v) is 10.6. The summed E-state index contributed by atoms with van der Waals surface area (Å²) < 4.78 is 1.44. The molecule has 1 aromatic heterocycles. The maximum Gasteiger partial charge on any atom is 0.269 e. The predicted molar refractivity (Wildman–Crippen MR) is 114 cm³/mol. The van der Waals surface area contributed by atoms with E-state index in [1.54, 1.807) is 12.1 Å². The second-order valence-electron chi connectivity index (χ2n) is 5.47. The quantitative estimate of drug-likeness (QED) is 0.218. The van der Waals surface area contributed by atoms with E-state index >= 15 is 0 Å². The van der Waals surface area contributed by atoms with E-state index in [2.05, 4.69) is 36.8 Å². The van der Waals surface area contributed by atoms with Crippen molar-refractivity contribution in [3.05, 3.63) is 68.7 Å². The van der Waals surface area contributed by atoms with Crippen molar-refractivity contribution in [2.24, 2.45) is 0 Å². The molecule has 0 saturated heterocycles. The van der Waals surface area contributed by atoms with Crippen molar-refractivity contribution >= 4 is 67.3 Å². The maximum atomic E-state index is 12.2. The normalized spacial score (nSPS) is 10.4. The van der Waals surface area contributed by atoms with Crippen molar-refractivity contribution in [3.8, 4) is 0 Å². The summed E-state index contributed by atoms with van der Waals surface area (Å²) in [7, 11) is 0. The first kappa shape index (κ1) is 20.9. The summed E-state index contributed by atoms with van der Waals surface area (Å²) in [6.45, 7) is 0. The number of non-ortho nitro benzene ring substituents is 1. The minimum atomic E-state index is -0.539. The summed E-state index contributed by atoms with van der Waals surface area (Å²) in [4.78, 5) is 34.3. The van der Waals surface area contributed by atoms with Crippen LogP contribution in [-0.2, 0) is 4.79 Å². The van der Waals surface area contributed by atoms with E-state index < -0.39 is 10.8 Å². The maximum absolute atomic E-state index is 12.2. The highest BCUT2D eigenvalue weighted by Gasteiger charge is 2.13. The Morgan fingerprint density at radius 3 is 2.41 bits per heavy atom. The number of halogens is 1. The molecule has 9 nitrogen and oxygen atoms in total. The van der Waals surface area contributed by atoms with E-state index in [1.165, 1.54) is 36.0 Å². The summed E-state index contributed by atoms with van der Waals surface area (Å²) in [6.07, 6.45) is 0. The van der Waals surface area contributed by atoms with Crippen LogP contribution < -0.4 is 10.6 Å². The topological polar surface area (TPSA) is 127 Å². The van der Waals surface area contributed by atoms with Crippen LogP contribution >= 0.6 is 39.0 Å². The number of carbonyl (C=O) groups is 2. The van der Waals surface area contributed by atoms with Gasteiger partial charge < -0.3 is 5.32 Å². The lowest BCUT2D eigenvalue weighted by Gasteiger charge is -2.03. The van der Waals surface area contributed by atoms with Crippen molar-refractivity contribution in [1.82, 2.24) is 10.2 Å². The van der Waals surface area contributed by atoms with Crippen LogP contribution in [0.4, 0.5) is 16.5 Å². The average Bonchev–Trinajstić information content (AvgIpc) is 3.15. The van der Waals surface area contributed by atoms with Gasteiger partial charge in [-0.1, -0.05) is 39.0 Å². The molecule has 0 spiro atoms. The van der Waals surface area contributed by atoms with E-state index in [0.29, 0.717) is 10.0 Å². The standard InChI is InChI=1S/C17H12BrN5O4S2/c18-11-3-5-12(6-4-11)19-14(24)9-28-17-22-21-16(29-17)20-15(25)10-1-7-13(8-2-10)23(26)27/h1-8H,9H2,(H,19,24)(H,20,21,25). The molecule has 0 atom stereocenters. The Morgan fingerprint density at radius 2 is 1.76 bits per heavy atom. The fraction of sp³-hybridized carbons (Fsp3) is 0.0588. The van der Waals surface area contributed by atoms with E-state index in [-0.39, 0.29) is 28.0 Å². The van der Waals surface area contributed by atoms with Crippen LogP contribution in [0.15, 0.2) is 57.3 Å². The van der Waals surface area contributed by atoms with Gasteiger partial charge in [-0.15, -0.1) is 10.2 Å². The molecule has 2 aromatic carbocycles. The smallest absolute Gasteiger partial charge is 0.269 e. The molecular weight excluding hydrogens is 482 g/mol. The number of nitro groups is 1. The minimum Gasteiger partial charge on any atom is -0.325 e. The molecule has 0 bridgehead atoms. The number of nitro benzene ring substituents is 1. The number of anilines is 2. The lowest BCUT2D eigenvalue weighted by molar-refractivity contribution is -0.384. The lowest BCUT2D eigenvalue weighted by Crippen LogP contribution is -2.13. The van der Waals surface area contributed by atoms with E-state index in [0.717, 1.165) is 15.8 Å². The summed E-state index contributed by atoms with van der Waals surface area (Å²) in [5, 5.41) is 24.1. The molecule has 0 unspecified atom stereocenters. The Hall–Kier alpha value is -2.83. The third-order valence-corrected chi connectivity index (χ3v) is 5.92. The van der Waals surface area contributed by atoms with Gasteiger partial charge in [-0.05, 0) is 36.4 Å². The second kappa shape index (κ2) is 9.58. The molecule has 0 fully saturated rings. The SMILES string of the molecule is O=C(CSc1nnc(NC(=O)c2ccc([N+](=O)[O-])cc2)s1)Nc1ccc(Br)cc1. The van der Waals surface area contributed by atoms with Crippen LogP contribution in [0.2, 0.25) is 0 Å². The number of hydrogen-bond acceptors (Lipinski definition) is 8. The van der Waals surface area contributed by atoms with Crippen LogP contribution in [0.25, 0.3) is 0 Å². The zero-order valence-electron chi connectivity index (χ0n) is 14.5. The number of rotatable bonds is 7. The van der Waals surface area contributed by atoms with Crippen LogP contribution in [-0.4, -0.2) is 32.7 Å². The van der Waals surface area contributed by atoms with Gasteiger partial charge >= 0.3 is 0 Å². The van der Waals surface area contributed by atoms with Gasteiger partial charge in [-0.25, -0.2) is 0 Å². The second-order valence-corrected chi connectivity index (χ2v) is 8.59. The van der Waals surface area contributed by atoms with Gasteiger partial charge in [-0.2, -0.15) is 0 Å². The van der Waals surface area contributed by atoms with Crippen LogP contribution in [0.1, 0.15) is 10.4 Å². The highest BCUT2D eigenvalue weighted by molar-refractivity contribution is 9.10. The zero-order valence-corrected chi connectivity index (χ0v) is 17.7. The van der Waals surface area contributed by atoms with Gasteiger partial charge in [0.15, 0.2) is 4.34 Å². The molecule has 12 heteroatoms. The average molecular weight is 494 g/mol. The van der Waals surface area contributed by atoms with Gasteiger partial charge in [0, 0.05) is 27.9 Å². The molecule has 1 heterocycles. The van der Waals surface area contributed by atoms with Crippen molar-refractivity contribution in [1.29, 1.82) is 0 Å². The van der Waals surface area contributed by atoms with Crippen molar-refractivity contribution in [2.75, 3.05) is 16.4 Å². The Kier molecular flexibility index (Phi) is 6.90. The third kappa shape index (κ3) is 6.07. The van der Waals surface area contributed by atoms with Crippen LogP contribution in [0, 0.1) is 10.1 Å². The Morgan fingerprint density at radius 1 is 1.07 bits per heavy atom. The predicted octanol–water partition coefficient (Wildman–Crippen LogP) is 4.19. The molecule has 2 N–H and O–H groups in total. The third-order valence-electron chi connectivity index (χ3n) is 3.42. The number of thioether (sulfide) groups is 1. The van der Waals surface area contributed by atoms with Gasteiger partial charge in [0.2, 0.25) is 11.0 Å². The van der Waals surface area contributed by atoms with Gasteiger partial charge in [0.25, 0.3) is 11.6 Å². The number of hydrogen-bond donors (Lipinski definition) is 2. The Bertz CT molecular complexity index is 1040. The Balaban J connectivity index is 1.51. The number of nitrogens with one attached hydrogen (secondary N) is 2. The van der Waals surface area contributed by atoms with E-state index in [9.17, 15) is 19.7 Å². The number of aromatic nitrogens is 2. The molecule has 0 aliphatic rings. The summed E-state index contributed by atoms with van der Waals surface area (Å²) in [5.74, 6) is -0.509. The molecular formula is C17H12BrN5O4S2. The fourth-order valence-corrected chi connectivity index (χ4v) is 3.89. The lowest BCUT2D eigenvalue weighted by atomic mass is 10.2. The summed E-state index contributed by atoms with van der Waals surface area (Å²) in [5.41, 5.74) is 0.846. The first-order valence-electron chi connectivity index (χ1n) is 7.98. The van der Waals surface area contributed by atoms with Gasteiger partial charge in [0.05, 0.1) is 10.7 Å². The monoisotopic (exact) mass is 493 g/mol. The number of carbonyl (C=O) groups excluding carboxylic acids is 2. The highest BCUT2D eigenvalue weighted by Crippen LogP contribution is 2.26. The molecule has 0 radical (unpaired) electrons. The molecule has 2 amide bonds. The molecule has 0 aliphatic carbocycles. The van der Waals surface area contributed by atoms with Gasteiger partial charge in [-0.3, -0.25) is 25.0 Å². The summed E-state index contributed by atoms with van der Waals surface area (Å²) >= 11 is 5.65. The first-order chi connectivity index (χ1) is 13.9. The van der Waals surface area contributed by atoms with Gasteiger partial charge in [0.1, 0.15) is 0 Å². The highest BCUT2D eigenvalue weighted by atomic mass is 79.9. The fourth-order valence-electron chi connectivity index (χ4n) is 2.08. The Labute approximate surface area is 181 Å². The number of benzene rings is 2. The van der Waals surface area contributed by atoms with Crippen molar-refractivity contribution < 1.29 is 14.5 Å². The largest absolute Gasteiger partial charge is 0.325 e. The summed E-state index contributed by atoms with van der Waals surface area (Å²) in [6, 6.07) is 12.4. The minimum absolute atomic E-state index is 0.0995. The van der Waals surface area contributed by atoms with Crippen LogP contribution in [0.5, 0.6) is 0 Å².